The fourth-order valence-electron chi connectivity index (χ4n) is 4.00. The number of methoxy groups -OCH3 is 2. The van der Waals surface area contributed by atoms with Gasteiger partial charge in [0, 0.05) is 24.5 Å². The second-order valence-electron chi connectivity index (χ2n) is 7.60. The molecule has 32 heavy (non-hydrogen) atoms. The number of benzene rings is 2. The summed E-state index contributed by atoms with van der Waals surface area (Å²) in [5.74, 6) is 1.12. The van der Waals surface area contributed by atoms with Crippen LogP contribution in [-0.4, -0.2) is 42.8 Å². The number of para-hydroxylation sites is 1. The van der Waals surface area contributed by atoms with E-state index in [1.807, 2.05) is 24.3 Å². The molecular formula is C23H25ClN4O4. The number of hydrogen-bond acceptors (Lipinski definition) is 6. The molecule has 0 atom stereocenters. The molecule has 3 aromatic rings. The molecule has 0 aliphatic carbocycles. The van der Waals surface area contributed by atoms with Gasteiger partial charge in [-0.2, -0.15) is 4.98 Å². The van der Waals surface area contributed by atoms with Gasteiger partial charge in [-0.3, -0.25) is 9.36 Å². The number of rotatable bonds is 6. The van der Waals surface area contributed by atoms with Crippen molar-refractivity contribution in [2.75, 3.05) is 37.5 Å². The first-order chi connectivity index (χ1) is 15.5. The topological polar surface area (TPSA) is 85.7 Å². The van der Waals surface area contributed by atoms with Gasteiger partial charge in [-0.05, 0) is 37.5 Å². The SMILES string of the molecule is COc1cc(OC)c(NC(=O)Cn2c(=O)nc(N3CCCCC3)c3ccccc32)cc1Cl. The van der Waals surface area contributed by atoms with Crippen LogP contribution < -0.4 is 25.4 Å². The number of amides is 1. The van der Waals surface area contributed by atoms with Crippen LogP contribution in [0.3, 0.4) is 0 Å². The van der Waals surface area contributed by atoms with Crippen molar-refractivity contribution in [1.82, 2.24) is 9.55 Å². The second kappa shape index (κ2) is 9.48. The zero-order valence-corrected chi connectivity index (χ0v) is 18.8. The van der Waals surface area contributed by atoms with Crippen LogP contribution in [0, 0.1) is 0 Å². The normalized spacial score (nSPS) is 13.8. The number of piperidine rings is 1. The Hall–Kier alpha value is -3.26. The Bertz CT molecular complexity index is 1200. The van der Waals surface area contributed by atoms with Gasteiger partial charge in [-0.15, -0.1) is 0 Å². The summed E-state index contributed by atoms with van der Waals surface area (Å²) in [4.78, 5) is 32.3. The molecule has 9 heteroatoms. The number of aromatic nitrogens is 2. The predicted molar refractivity (Wildman–Crippen MR) is 125 cm³/mol. The van der Waals surface area contributed by atoms with Crippen LogP contribution in [-0.2, 0) is 11.3 Å². The van der Waals surface area contributed by atoms with Crippen LogP contribution in [0.15, 0.2) is 41.2 Å². The molecule has 1 aliphatic heterocycles. The van der Waals surface area contributed by atoms with Crippen molar-refractivity contribution in [1.29, 1.82) is 0 Å². The van der Waals surface area contributed by atoms with Gasteiger partial charge in [-0.1, -0.05) is 23.7 Å². The lowest BCUT2D eigenvalue weighted by molar-refractivity contribution is -0.116. The van der Waals surface area contributed by atoms with E-state index in [-0.39, 0.29) is 6.54 Å². The fraction of sp³-hybridized carbons (Fsp3) is 0.348. The average Bonchev–Trinajstić information content (AvgIpc) is 2.81. The molecule has 4 rings (SSSR count). The first-order valence-electron chi connectivity index (χ1n) is 10.5. The first kappa shape index (κ1) is 22.0. The molecule has 0 spiro atoms. The van der Waals surface area contributed by atoms with Crippen molar-refractivity contribution in [3.63, 3.8) is 0 Å². The van der Waals surface area contributed by atoms with Crippen LogP contribution in [0.1, 0.15) is 19.3 Å². The van der Waals surface area contributed by atoms with Crippen LogP contribution in [0.2, 0.25) is 5.02 Å². The highest BCUT2D eigenvalue weighted by Crippen LogP contribution is 2.36. The Morgan fingerprint density at radius 1 is 1.09 bits per heavy atom. The van der Waals surface area contributed by atoms with Crippen LogP contribution in [0.25, 0.3) is 10.9 Å². The lowest BCUT2D eigenvalue weighted by Gasteiger charge is -2.29. The van der Waals surface area contributed by atoms with Gasteiger partial charge in [-0.25, -0.2) is 4.79 Å². The molecule has 0 unspecified atom stereocenters. The maximum atomic E-state index is 12.9. The van der Waals surface area contributed by atoms with E-state index in [1.54, 1.807) is 12.1 Å². The van der Waals surface area contributed by atoms with E-state index in [9.17, 15) is 9.59 Å². The van der Waals surface area contributed by atoms with Gasteiger partial charge in [0.2, 0.25) is 5.91 Å². The third kappa shape index (κ3) is 4.36. The van der Waals surface area contributed by atoms with Gasteiger partial charge in [0.25, 0.3) is 0 Å². The highest BCUT2D eigenvalue weighted by Gasteiger charge is 2.20. The molecule has 168 valence electrons. The summed E-state index contributed by atoms with van der Waals surface area (Å²) in [6.45, 7) is 1.55. The zero-order chi connectivity index (χ0) is 22.7. The summed E-state index contributed by atoms with van der Waals surface area (Å²) in [6, 6.07) is 10.7. The number of ether oxygens (including phenoxy) is 2. The van der Waals surface area contributed by atoms with E-state index in [4.69, 9.17) is 21.1 Å². The monoisotopic (exact) mass is 456 g/mol. The molecule has 1 aromatic heterocycles. The minimum atomic E-state index is -0.459. The number of carbonyl (C=O) groups excluding carboxylic acids is 1. The van der Waals surface area contributed by atoms with Crippen molar-refractivity contribution < 1.29 is 14.3 Å². The Labute approximate surface area is 190 Å². The second-order valence-corrected chi connectivity index (χ2v) is 8.01. The van der Waals surface area contributed by atoms with Gasteiger partial charge >= 0.3 is 5.69 Å². The lowest BCUT2D eigenvalue weighted by Crippen LogP contribution is -2.35. The van der Waals surface area contributed by atoms with E-state index in [2.05, 4.69) is 15.2 Å². The zero-order valence-electron chi connectivity index (χ0n) is 18.1. The summed E-state index contributed by atoms with van der Waals surface area (Å²) in [5.41, 5.74) is 0.598. The maximum Gasteiger partial charge on any atom is 0.350 e. The van der Waals surface area contributed by atoms with E-state index in [0.717, 1.165) is 31.3 Å². The number of nitrogens with zero attached hydrogens (tertiary/aromatic N) is 3. The van der Waals surface area contributed by atoms with E-state index >= 15 is 0 Å². The first-order valence-corrected chi connectivity index (χ1v) is 10.9. The van der Waals surface area contributed by atoms with Gasteiger partial charge in [0.05, 0.1) is 30.4 Å². The minimum absolute atomic E-state index is 0.195. The Morgan fingerprint density at radius 2 is 1.81 bits per heavy atom. The molecular weight excluding hydrogens is 432 g/mol. The quantitative estimate of drug-likeness (QED) is 0.608. The molecule has 1 fully saturated rings. The highest BCUT2D eigenvalue weighted by molar-refractivity contribution is 6.32. The average molecular weight is 457 g/mol. The molecule has 1 N–H and O–H groups in total. The predicted octanol–water partition coefficient (Wildman–Crippen LogP) is 3.70. The number of nitrogens with one attached hydrogen (secondary N) is 1. The fourth-order valence-corrected chi connectivity index (χ4v) is 4.24. The number of carbonyl (C=O) groups is 1. The van der Waals surface area contributed by atoms with Gasteiger partial charge in [0.15, 0.2) is 0 Å². The Morgan fingerprint density at radius 3 is 2.53 bits per heavy atom. The number of fused-ring (bicyclic) bond motifs is 1. The number of halogens is 1. The molecule has 1 aliphatic rings. The lowest BCUT2D eigenvalue weighted by atomic mass is 10.1. The minimum Gasteiger partial charge on any atom is -0.495 e. The third-order valence-electron chi connectivity index (χ3n) is 5.57. The van der Waals surface area contributed by atoms with Crippen molar-refractivity contribution >= 4 is 39.9 Å². The van der Waals surface area contributed by atoms with E-state index in [0.29, 0.717) is 33.5 Å². The van der Waals surface area contributed by atoms with Gasteiger partial charge < -0.3 is 19.7 Å². The van der Waals surface area contributed by atoms with Crippen molar-refractivity contribution in [3.8, 4) is 11.5 Å². The molecule has 2 heterocycles. The molecule has 1 amide bonds. The number of hydrogen-bond donors (Lipinski definition) is 1. The summed E-state index contributed by atoms with van der Waals surface area (Å²) < 4.78 is 11.9. The van der Waals surface area contributed by atoms with Crippen LogP contribution in [0.5, 0.6) is 11.5 Å². The molecule has 0 radical (unpaired) electrons. The maximum absolute atomic E-state index is 12.9. The summed E-state index contributed by atoms with van der Waals surface area (Å²) in [5, 5.41) is 3.96. The molecule has 8 nitrogen and oxygen atoms in total. The number of anilines is 2. The largest absolute Gasteiger partial charge is 0.495 e. The van der Waals surface area contributed by atoms with Gasteiger partial charge in [0.1, 0.15) is 23.9 Å². The molecule has 0 saturated carbocycles. The molecule has 2 aromatic carbocycles. The standard InChI is InChI=1S/C23H25ClN4O4/c1-31-19-13-20(32-2)17(12-16(19)24)25-21(29)14-28-18-9-5-4-8-15(18)22(26-23(28)30)27-10-6-3-7-11-27/h4-5,8-9,12-13H,3,6-7,10-11,14H2,1-2H3,(H,25,29). The Kier molecular flexibility index (Phi) is 6.50. The van der Waals surface area contributed by atoms with Crippen molar-refractivity contribution in [2.24, 2.45) is 0 Å². The Balaban J connectivity index is 1.65. The summed E-state index contributed by atoms with van der Waals surface area (Å²) in [7, 11) is 2.98. The highest BCUT2D eigenvalue weighted by atomic mass is 35.5. The smallest absolute Gasteiger partial charge is 0.350 e. The molecule has 1 saturated heterocycles. The van der Waals surface area contributed by atoms with Crippen molar-refractivity contribution in [2.45, 2.75) is 25.8 Å². The van der Waals surface area contributed by atoms with Crippen LogP contribution >= 0.6 is 11.6 Å². The van der Waals surface area contributed by atoms with Crippen LogP contribution in [0.4, 0.5) is 11.5 Å². The van der Waals surface area contributed by atoms with E-state index < -0.39 is 11.6 Å². The van der Waals surface area contributed by atoms with Crippen molar-refractivity contribution in [3.05, 3.63) is 51.9 Å². The third-order valence-corrected chi connectivity index (χ3v) is 5.87. The summed E-state index contributed by atoms with van der Waals surface area (Å²) in [6.07, 6.45) is 3.34. The summed E-state index contributed by atoms with van der Waals surface area (Å²) >= 11 is 6.19. The van der Waals surface area contributed by atoms with E-state index in [1.165, 1.54) is 25.2 Å². The molecule has 0 bridgehead atoms.